The van der Waals surface area contributed by atoms with Crippen molar-refractivity contribution in [2.24, 2.45) is 5.92 Å². The van der Waals surface area contributed by atoms with Crippen molar-refractivity contribution in [1.29, 1.82) is 0 Å². The Kier molecular flexibility index (Phi) is 9.44. The molecule has 0 aliphatic carbocycles. The monoisotopic (exact) mass is 636 g/mol. The van der Waals surface area contributed by atoms with Crippen LogP contribution in [0.3, 0.4) is 0 Å². The smallest absolute Gasteiger partial charge is 0.351 e. The summed E-state index contributed by atoms with van der Waals surface area (Å²) in [6.07, 6.45) is 2.42. The zero-order chi connectivity index (χ0) is 30.8. The number of rotatable bonds is 10. The Hall–Kier alpha value is -2.76. The predicted octanol–water partition coefficient (Wildman–Crippen LogP) is 3.49. The largest absolute Gasteiger partial charge is 0.394 e. The lowest BCUT2D eigenvalue weighted by atomic mass is 10.1. The van der Waals surface area contributed by atoms with Gasteiger partial charge in [-0.1, -0.05) is 91.4 Å². The van der Waals surface area contributed by atoms with Crippen molar-refractivity contribution in [3.05, 3.63) is 83.4 Å². The van der Waals surface area contributed by atoms with Gasteiger partial charge in [0.25, 0.3) is 8.53 Å². The number of carbonyl (C=O) groups is 1. The number of benzene rings is 2. The summed E-state index contributed by atoms with van der Waals surface area (Å²) in [5.74, 6) is -0.249. The Morgan fingerprint density at radius 3 is 2.41 bits per heavy atom. The van der Waals surface area contributed by atoms with E-state index in [0.717, 1.165) is 25.4 Å². The number of nitrogens with zero attached hydrogens (tertiary/aromatic N) is 3. The molecule has 3 aliphatic heterocycles. The van der Waals surface area contributed by atoms with Crippen LogP contribution in [0.1, 0.15) is 39.3 Å². The number of aromatic nitrogens is 2. The van der Waals surface area contributed by atoms with Gasteiger partial charge in [0.05, 0.1) is 18.8 Å². The Morgan fingerprint density at radius 2 is 1.80 bits per heavy atom. The van der Waals surface area contributed by atoms with E-state index in [1.807, 2.05) is 0 Å². The van der Waals surface area contributed by atoms with E-state index >= 15 is 0 Å². The minimum atomic E-state index is -2.14. The molecule has 3 saturated heterocycles. The summed E-state index contributed by atoms with van der Waals surface area (Å²) in [6.45, 7) is 6.65. The van der Waals surface area contributed by atoms with E-state index in [4.69, 9.17) is 13.8 Å². The molecule has 10 nitrogen and oxygen atoms in total. The fourth-order valence-corrected chi connectivity index (χ4v) is 12.5. The third-order valence-electron chi connectivity index (χ3n) is 9.07. The van der Waals surface area contributed by atoms with Crippen LogP contribution in [0.4, 0.5) is 5.82 Å². The number of nitrogens with one attached hydrogen (secondary N) is 1. The van der Waals surface area contributed by atoms with Crippen LogP contribution in [0, 0.1) is 5.92 Å². The van der Waals surface area contributed by atoms with Crippen molar-refractivity contribution in [2.75, 3.05) is 18.5 Å². The van der Waals surface area contributed by atoms with E-state index in [1.54, 1.807) is 26.1 Å². The van der Waals surface area contributed by atoms with Crippen molar-refractivity contribution < 1.29 is 23.7 Å². The number of carbonyl (C=O) groups excluding carboxylic acids is 1. The van der Waals surface area contributed by atoms with Crippen LogP contribution < -0.4 is 21.4 Å². The molecule has 0 unspecified atom stereocenters. The lowest BCUT2D eigenvalue weighted by Gasteiger charge is -2.32. The van der Waals surface area contributed by atoms with Crippen molar-refractivity contribution >= 4 is 38.7 Å². The summed E-state index contributed by atoms with van der Waals surface area (Å²) < 4.78 is 23.3. The quantitative estimate of drug-likeness (QED) is 0.257. The molecule has 1 amide bonds. The maximum atomic E-state index is 12.9. The van der Waals surface area contributed by atoms with Gasteiger partial charge in [-0.25, -0.2) is 9.46 Å². The highest BCUT2D eigenvalue weighted by atomic mass is 31.2. The lowest BCUT2D eigenvalue weighted by Crippen LogP contribution is -2.58. The number of amides is 1. The SMILES string of the molecule is CC(C)C(=O)Nc1ccn([C@H]2C[C@@H](O[P@]3O[C@@H](C[Si](C)(c4ccccc4)c4ccccc4)[C@H]4CCCN43)[C@@H](CO)O2)c(=O)n1. The number of aliphatic hydroxyl groups is 1. The van der Waals surface area contributed by atoms with Crippen molar-refractivity contribution in [2.45, 2.75) is 76.3 Å². The van der Waals surface area contributed by atoms with Crippen molar-refractivity contribution in [3.63, 3.8) is 0 Å². The normalized spacial score (nSPS) is 27.1. The Bertz CT molecular complexity index is 1460. The molecule has 12 heteroatoms. The molecular weight excluding hydrogens is 595 g/mol. The van der Waals surface area contributed by atoms with Gasteiger partial charge in [0, 0.05) is 31.1 Å². The predicted molar refractivity (Wildman–Crippen MR) is 173 cm³/mol. The maximum Gasteiger partial charge on any atom is 0.351 e. The van der Waals surface area contributed by atoms with Crippen LogP contribution in [-0.4, -0.2) is 70.8 Å². The molecule has 1 aromatic heterocycles. The Morgan fingerprint density at radius 1 is 1.11 bits per heavy atom. The molecule has 4 heterocycles. The molecule has 44 heavy (non-hydrogen) atoms. The van der Waals surface area contributed by atoms with Gasteiger partial charge in [-0.05, 0) is 25.0 Å². The third kappa shape index (κ3) is 6.32. The minimum absolute atomic E-state index is 0.0341. The van der Waals surface area contributed by atoms with E-state index in [9.17, 15) is 14.7 Å². The van der Waals surface area contributed by atoms with Gasteiger partial charge >= 0.3 is 5.69 Å². The molecular formula is C32H41N4O6PSi. The number of hydrogen-bond acceptors (Lipinski definition) is 8. The first kappa shape index (κ1) is 31.2. The highest BCUT2D eigenvalue weighted by Gasteiger charge is 2.51. The molecule has 0 radical (unpaired) electrons. The van der Waals surface area contributed by atoms with Gasteiger partial charge in [-0.3, -0.25) is 9.36 Å². The first-order chi connectivity index (χ1) is 21.3. The average molecular weight is 637 g/mol. The standard InChI is InChI=1S/C32H41N4O6PSi/c1-22(2)31(38)33-29-16-18-35(32(39)34-29)30-19-26(27(20-37)40-30)41-43-36-17-10-15-25(36)28(42-43)21-44(3,23-11-6-4-7-12-23)24-13-8-5-9-14-24/h4-9,11-14,16,18,22,25-28,30,37H,10,15,17,19-21H2,1-3H3,(H,33,34,38,39)/t25-,26-,27-,28+,30-,43-/m1/s1. The molecule has 2 N–H and O–H groups in total. The van der Waals surface area contributed by atoms with E-state index in [2.05, 4.69) is 82.2 Å². The topological polar surface area (TPSA) is 115 Å². The molecule has 2 aromatic carbocycles. The molecule has 6 rings (SSSR count). The number of hydrogen-bond donors (Lipinski definition) is 2. The Labute approximate surface area is 260 Å². The maximum absolute atomic E-state index is 12.9. The second-order valence-corrected chi connectivity index (χ2v) is 18.0. The highest BCUT2D eigenvalue weighted by Crippen LogP contribution is 2.58. The third-order valence-corrected chi connectivity index (χ3v) is 15.3. The number of aliphatic hydroxyl groups excluding tert-OH is 1. The van der Waals surface area contributed by atoms with Crippen LogP contribution in [0.15, 0.2) is 77.7 Å². The molecule has 0 spiro atoms. The molecule has 234 valence electrons. The minimum Gasteiger partial charge on any atom is -0.394 e. The lowest BCUT2D eigenvalue weighted by molar-refractivity contribution is -0.118. The fraction of sp³-hybridized carbons (Fsp3) is 0.469. The van der Waals surface area contributed by atoms with Crippen LogP contribution >= 0.6 is 8.53 Å². The van der Waals surface area contributed by atoms with Crippen LogP contribution in [0.2, 0.25) is 12.6 Å². The first-order valence-electron chi connectivity index (χ1n) is 15.4. The van der Waals surface area contributed by atoms with Gasteiger partial charge in [0.2, 0.25) is 5.91 Å². The van der Waals surface area contributed by atoms with E-state index in [0.29, 0.717) is 6.42 Å². The zero-order valence-electron chi connectivity index (χ0n) is 25.4. The summed E-state index contributed by atoms with van der Waals surface area (Å²) in [4.78, 5) is 28.9. The molecule has 3 aliphatic rings. The van der Waals surface area contributed by atoms with Crippen molar-refractivity contribution in [3.8, 4) is 0 Å². The average Bonchev–Trinajstić information content (AvgIpc) is 3.75. The second-order valence-electron chi connectivity index (χ2n) is 12.4. The first-order valence-corrected chi connectivity index (χ1v) is 19.3. The van der Waals surface area contributed by atoms with Crippen LogP contribution in [-0.2, 0) is 18.6 Å². The van der Waals surface area contributed by atoms with Crippen molar-refractivity contribution in [1.82, 2.24) is 14.2 Å². The van der Waals surface area contributed by atoms with Gasteiger partial charge in [0.1, 0.15) is 26.2 Å². The molecule has 0 bridgehead atoms. The summed E-state index contributed by atoms with van der Waals surface area (Å²) >= 11 is 0. The summed E-state index contributed by atoms with van der Waals surface area (Å²) in [5, 5.41) is 15.6. The number of fused-ring (bicyclic) bond motifs is 1. The summed E-state index contributed by atoms with van der Waals surface area (Å²) in [5.41, 5.74) is -0.539. The summed E-state index contributed by atoms with van der Waals surface area (Å²) in [7, 11) is -3.50. The molecule has 3 aromatic rings. The van der Waals surface area contributed by atoms with Gasteiger partial charge in [0.15, 0.2) is 0 Å². The highest BCUT2D eigenvalue weighted by molar-refractivity contribution is 7.45. The Balaban J connectivity index is 1.18. The zero-order valence-corrected chi connectivity index (χ0v) is 27.3. The summed E-state index contributed by atoms with van der Waals surface area (Å²) in [6, 6.07) is 24.5. The van der Waals surface area contributed by atoms with Gasteiger partial charge in [-0.2, -0.15) is 4.98 Å². The second kappa shape index (κ2) is 13.3. The van der Waals surface area contributed by atoms with Crippen LogP contribution in [0.25, 0.3) is 0 Å². The van der Waals surface area contributed by atoms with E-state index in [-0.39, 0.29) is 36.4 Å². The molecule has 0 saturated carbocycles. The number of anilines is 1. The van der Waals surface area contributed by atoms with Gasteiger partial charge in [-0.15, -0.1) is 0 Å². The number of ether oxygens (including phenoxy) is 1. The van der Waals surface area contributed by atoms with Crippen LogP contribution in [0.5, 0.6) is 0 Å². The molecule has 3 fully saturated rings. The molecule has 6 atom stereocenters. The van der Waals surface area contributed by atoms with E-state index < -0.39 is 40.7 Å². The van der Waals surface area contributed by atoms with E-state index in [1.165, 1.54) is 14.9 Å². The van der Waals surface area contributed by atoms with Gasteiger partial charge < -0.3 is 24.2 Å². The fourth-order valence-electron chi connectivity index (χ4n) is 6.51.